The molecule has 9 rings (SSSR count). The third-order valence-corrected chi connectivity index (χ3v) is 13.9. The maximum Gasteiger partial charge on any atom is 0.00575 e. The molecule has 3 saturated carbocycles. The fourth-order valence-corrected chi connectivity index (χ4v) is 11.2. The van der Waals surface area contributed by atoms with Gasteiger partial charge in [-0.25, -0.2) is 0 Å². The van der Waals surface area contributed by atoms with Crippen molar-refractivity contribution in [1.29, 1.82) is 0 Å². The Morgan fingerprint density at radius 2 is 1.59 bits per heavy atom. The summed E-state index contributed by atoms with van der Waals surface area (Å²) in [6, 6.07) is 21.5. The van der Waals surface area contributed by atoms with Crippen LogP contribution in [0.4, 0.5) is 0 Å². The molecule has 6 aliphatic carbocycles. The molecule has 256 valence electrons. The predicted molar refractivity (Wildman–Crippen MR) is 210 cm³/mol. The summed E-state index contributed by atoms with van der Waals surface area (Å²) >= 11 is 0. The van der Waals surface area contributed by atoms with Gasteiger partial charge in [-0.05, 0) is 172 Å². The molecule has 0 saturated heterocycles. The van der Waals surface area contributed by atoms with Crippen LogP contribution in [-0.4, -0.2) is 0 Å². The molecule has 0 amide bonds. The summed E-state index contributed by atoms with van der Waals surface area (Å²) < 4.78 is 0. The van der Waals surface area contributed by atoms with Crippen LogP contribution in [0.25, 0.3) is 6.08 Å². The molecule has 1 atom stereocenters. The first-order valence-corrected chi connectivity index (χ1v) is 20.2. The summed E-state index contributed by atoms with van der Waals surface area (Å²) in [5.74, 6) is 0.608. The minimum Gasteiger partial charge on any atom is -0.0654 e. The lowest BCUT2D eigenvalue weighted by atomic mass is 9.32. The summed E-state index contributed by atoms with van der Waals surface area (Å²) in [6.07, 6.45) is 29.0. The fourth-order valence-electron chi connectivity index (χ4n) is 11.2. The van der Waals surface area contributed by atoms with E-state index in [-0.39, 0.29) is 0 Å². The standard InChI is InChI=1S/C49H60/c1-5-6-7-12-24-48-31-49(32-48,33-48)44-22-20-38(35(3)26-44)14-8-9-15-39-30-43(25-34(39)2)46-19-13-18-45-36(4)40(21-23-47(45)46)27-37-28-41-16-10-11-17-42(41)29-37/h10-11,16-17,20-23,25-26,28,46H,5-9,12-15,18-19,24,27,29-33H2,1-4H3. The monoisotopic (exact) mass is 648 g/mol. The number of hydrogen-bond donors (Lipinski definition) is 0. The Labute approximate surface area is 298 Å². The Kier molecular flexibility index (Phi) is 9.13. The van der Waals surface area contributed by atoms with Crippen LogP contribution in [0.15, 0.2) is 83.0 Å². The SMILES string of the molecule is CCCCCCC12CC(c3ccc(CCCCC4=C(C)C=C(C5CCCc6c5ccc(CC5=Cc7ccccc7C5)c6C)C4)c(C)c3)(C1)C2. The quantitative estimate of drug-likeness (QED) is 0.153. The van der Waals surface area contributed by atoms with E-state index in [1.807, 2.05) is 0 Å². The van der Waals surface area contributed by atoms with E-state index < -0.39 is 0 Å². The third kappa shape index (κ3) is 6.36. The maximum absolute atomic E-state index is 2.59. The Balaban J connectivity index is 0.822. The number of unbranched alkanes of at least 4 members (excludes halogenated alkanes) is 4. The number of allylic oxidation sites excluding steroid dienone is 5. The highest BCUT2D eigenvalue weighted by molar-refractivity contribution is 5.64. The lowest BCUT2D eigenvalue weighted by Crippen LogP contribution is -2.64. The zero-order valence-corrected chi connectivity index (χ0v) is 31.2. The van der Waals surface area contributed by atoms with E-state index in [9.17, 15) is 0 Å². The molecular weight excluding hydrogens is 589 g/mol. The summed E-state index contributed by atoms with van der Waals surface area (Å²) in [4.78, 5) is 0. The first kappa shape index (κ1) is 33.0. The van der Waals surface area contributed by atoms with E-state index in [0.717, 1.165) is 18.3 Å². The van der Waals surface area contributed by atoms with Gasteiger partial charge in [-0.1, -0.05) is 122 Å². The predicted octanol–water partition coefficient (Wildman–Crippen LogP) is 13.4. The molecule has 0 radical (unpaired) electrons. The van der Waals surface area contributed by atoms with Crippen molar-refractivity contribution in [3.8, 4) is 0 Å². The molecule has 0 heteroatoms. The lowest BCUT2D eigenvalue weighted by molar-refractivity contribution is -0.147. The van der Waals surface area contributed by atoms with Gasteiger partial charge in [0.05, 0.1) is 0 Å². The van der Waals surface area contributed by atoms with Crippen molar-refractivity contribution in [2.45, 2.75) is 155 Å². The highest BCUT2D eigenvalue weighted by atomic mass is 14.7. The molecule has 0 aliphatic heterocycles. The number of hydrogen-bond acceptors (Lipinski definition) is 0. The molecule has 1 unspecified atom stereocenters. The second-order valence-corrected chi connectivity index (χ2v) is 17.4. The largest absolute Gasteiger partial charge is 0.0654 e. The number of benzene rings is 3. The van der Waals surface area contributed by atoms with Gasteiger partial charge in [-0.15, -0.1) is 0 Å². The van der Waals surface area contributed by atoms with Crippen molar-refractivity contribution < 1.29 is 0 Å². The van der Waals surface area contributed by atoms with Gasteiger partial charge in [0.25, 0.3) is 0 Å². The minimum atomic E-state index is 0.547. The Bertz CT molecular complexity index is 1800. The molecule has 0 N–H and O–H groups in total. The van der Waals surface area contributed by atoms with Crippen molar-refractivity contribution >= 4 is 6.08 Å². The van der Waals surface area contributed by atoms with Crippen molar-refractivity contribution in [3.63, 3.8) is 0 Å². The van der Waals surface area contributed by atoms with Crippen LogP contribution in [0.2, 0.25) is 0 Å². The molecular formula is C49H60. The van der Waals surface area contributed by atoms with Crippen LogP contribution in [0.3, 0.4) is 0 Å². The molecule has 6 aliphatic rings. The van der Waals surface area contributed by atoms with Crippen LogP contribution >= 0.6 is 0 Å². The summed E-state index contributed by atoms with van der Waals surface area (Å²) in [5, 5.41) is 0. The molecule has 2 bridgehead atoms. The van der Waals surface area contributed by atoms with Crippen molar-refractivity contribution in [3.05, 3.63) is 133 Å². The van der Waals surface area contributed by atoms with Gasteiger partial charge >= 0.3 is 0 Å². The molecule has 0 nitrogen and oxygen atoms in total. The van der Waals surface area contributed by atoms with Gasteiger partial charge in [-0.3, -0.25) is 0 Å². The van der Waals surface area contributed by atoms with E-state index in [0.29, 0.717) is 11.3 Å². The van der Waals surface area contributed by atoms with Crippen LogP contribution in [0.5, 0.6) is 0 Å². The van der Waals surface area contributed by atoms with E-state index >= 15 is 0 Å². The summed E-state index contributed by atoms with van der Waals surface area (Å²) in [7, 11) is 0. The first-order valence-electron chi connectivity index (χ1n) is 20.2. The van der Waals surface area contributed by atoms with E-state index in [4.69, 9.17) is 0 Å². The number of aryl methyl sites for hydroxylation is 2. The Hall–Kier alpha value is -3.12. The van der Waals surface area contributed by atoms with Gasteiger partial charge < -0.3 is 0 Å². The third-order valence-electron chi connectivity index (χ3n) is 13.9. The average molecular weight is 649 g/mol. The highest BCUT2D eigenvalue weighted by Gasteiger charge is 2.67. The van der Waals surface area contributed by atoms with Gasteiger partial charge in [0, 0.05) is 5.92 Å². The van der Waals surface area contributed by atoms with Gasteiger partial charge in [-0.2, -0.15) is 0 Å². The molecule has 0 heterocycles. The number of rotatable bonds is 14. The second kappa shape index (κ2) is 13.5. The van der Waals surface area contributed by atoms with Gasteiger partial charge in [0.2, 0.25) is 0 Å². The Morgan fingerprint density at radius 3 is 2.41 bits per heavy atom. The Morgan fingerprint density at radius 1 is 0.776 bits per heavy atom. The van der Waals surface area contributed by atoms with Crippen molar-refractivity contribution in [1.82, 2.24) is 0 Å². The van der Waals surface area contributed by atoms with Crippen LogP contribution < -0.4 is 0 Å². The smallest absolute Gasteiger partial charge is 0.00575 e. The molecule has 3 fully saturated rings. The number of fused-ring (bicyclic) bond motifs is 2. The van der Waals surface area contributed by atoms with Crippen molar-refractivity contribution in [2.75, 3.05) is 0 Å². The van der Waals surface area contributed by atoms with Crippen LogP contribution in [0.1, 0.15) is 160 Å². The first-order chi connectivity index (χ1) is 23.9. The van der Waals surface area contributed by atoms with Gasteiger partial charge in [0.15, 0.2) is 0 Å². The fraction of sp³-hybridized carbons (Fsp3) is 0.510. The maximum atomic E-state index is 2.59. The average Bonchev–Trinajstić information content (AvgIpc) is 3.65. The van der Waals surface area contributed by atoms with E-state index in [2.05, 4.69) is 94.4 Å². The summed E-state index contributed by atoms with van der Waals surface area (Å²) in [6.45, 7) is 9.50. The van der Waals surface area contributed by atoms with Crippen molar-refractivity contribution in [2.24, 2.45) is 5.41 Å². The normalized spacial score (nSPS) is 25.0. The van der Waals surface area contributed by atoms with E-state index in [1.165, 1.54) is 114 Å². The molecule has 3 aromatic carbocycles. The second-order valence-electron chi connectivity index (χ2n) is 17.4. The minimum absolute atomic E-state index is 0.547. The van der Waals surface area contributed by atoms with Gasteiger partial charge in [0.1, 0.15) is 0 Å². The molecule has 3 aromatic rings. The molecule has 0 spiro atoms. The highest BCUT2D eigenvalue weighted by Crippen LogP contribution is 2.75. The zero-order chi connectivity index (χ0) is 33.6. The van der Waals surface area contributed by atoms with Crippen LogP contribution in [0, 0.1) is 19.3 Å². The molecule has 49 heavy (non-hydrogen) atoms. The lowest BCUT2D eigenvalue weighted by Gasteiger charge is -2.72. The molecule has 0 aromatic heterocycles. The van der Waals surface area contributed by atoms with E-state index in [1.54, 1.807) is 61.2 Å². The zero-order valence-electron chi connectivity index (χ0n) is 31.2. The van der Waals surface area contributed by atoms with Crippen LogP contribution in [-0.2, 0) is 31.1 Å². The topological polar surface area (TPSA) is 0 Å². The summed E-state index contributed by atoms with van der Waals surface area (Å²) in [5.41, 5.74) is 21.9.